The van der Waals surface area contributed by atoms with Gasteiger partial charge in [-0.15, -0.1) is 0 Å². The van der Waals surface area contributed by atoms with Gasteiger partial charge in [0.25, 0.3) is 0 Å². The molecule has 0 aliphatic heterocycles. The molecular weight excluding hydrogens is 340 g/mol. The first kappa shape index (κ1) is 21.5. The number of hydrogen-bond acceptors (Lipinski definition) is 4. The summed E-state index contributed by atoms with van der Waals surface area (Å²) in [6, 6.07) is 3.95. The Labute approximate surface area is 163 Å². The summed E-state index contributed by atoms with van der Waals surface area (Å²) in [7, 11) is 0. The van der Waals surface area contributed by atoms with Crippen LogP contribution in [0.2, 0.25) is 0 Å². The van der Waals surface area contributed by atoms with Gasteiger partial charge < -0.3 is 20.5 Å². The van der Waals surface area contributed by atoms with Gasteiger partial charge in [-0.3, -0.25) is 0 Å². The molecule has 6 heteroatoms. The minimum atomic E-state index is 0.104. The number of hydrogen-bond donors (Lipinski definition) is 3. The van der Waals surface area contributed by atoms with Crippen molar-refractivity contribution in [3.8, 4) is 5.88 Å². The van der Waals surface area contributed by atoms with Crippen LogP contribution in [-0.2, 0) is 6.54 Å². The Kier molecular flexibility index (Phi) is 8.85. The molecule has 1 heterocycles. The number of pyridine rings is 1. The average molecular weight is 377 g/mol. The summed E-state index contributed by atoms with van der Waals surface area (Å²) < 4.78 is 5.68. The molecule has 1 saturated carbocycles. The smallest absolute Gasteiger partial charge is 0.213 e. The summed E-state index contributed by atoms with van der Waals surface area (Å²) in [4.78, 5) is 9.06. The second-order valence-electron chi connectivity index (χ2n) is 7.49. The number of nitrogens with zero attached hydrogens (tertiary/aromatic N) is 2. The summed E-state index contributed by atoms with van der Waals surface area (Å²) in [5, 5.41) is 16.1. The summed E-state index contributed by atoms with van der Waals surface area (Å²) in [6.45, 7) is 9.61. The molecule has 1 aromatic rings. The highest BCUT2D eigenvalue weighted by Crippen LogP contribution is 2.30. The fraction of sp³-hybridized carbons (Fsp3) is 0.714. The van der Waals surface area contributed by atoms with E-state index in [1.807, 2.05) is 18.3 Å². The van der Waals surface area contributed by atoms with E-state index in [-0.39, 0.29) is 12.0 Å². The third-order valence-electron chi connectivity index (χ3n) is 5.50. The van der Waals surface area contributed by atoms with Crippen LogP contribution in [0.25, 0.3) is 0 Å². The number of aliphatic hydroxyl groups is 1. The molecule has 2 rings (SSSR count). The maximum atomic E-state index is 9.39. The van der Waals surface area contributed by atoms with Crippen molar-refractivity contribution >= 4 is 5.96 Å². The fourth-order valence-corrected chi connectivity index (χ4v) is 3.04. The SMILES string of the molecule is CCNC(=NCc1ccc(OCC2CC2)nc1)NCC(CC)(CC)CCO. The first-order valence-corrected chi connectivity index (χ1v) is 10.4. The Morgan fingerprint density at radius 3 is 2.59 bits per heavy atom. The van der Waals surface area contributed by atoms with Crippen molar-refractivity contribution in [2.24, 2.45) is 16.3 Å². The molecule has 1 aromatic heterocycles. The molecular formula is C21H36N4O2. The molecule has 1 fully saturated rings. The average Bonchev–Trinajstić information content (AvgIpc) is 3.53. The first-order valence-electron chi connectivity index (χ1n) is 10.4. The molecule has 0 unspecified atom stereocenters. The molecule has 0 amide bonds. The summed E-state index contributed by atoms with van der Waals surface area (Å²) >= 11 is 0. The van der Waals surface area contributed by atoms with Gasteiger partial charge in [-0.1, -0.05) is 19.9 Å². The van der Waals surface area contributed by atoms with E-state index in [0.29, 0.717) is 12.4 Å². The fourth-order valence-electron chi connectivity index (χ4n) is 3.04. The van der Waals surface area contributed by atoms with Crippen LogP contribution < -0.4 is 15.4 Å². The largest absolute Gasteiger partial charge is 0.477 e. The van der Waals surface area contributed by atoms with Gasteiger partial charge in [-0.2, -0.15) is 0 Å². The van der Waals surface area contributed by atoms with E-state index in [0.717, 1.165) is 56.4 Å². The minimum Gasteiger partial charge on any atom is -0.477 e. The summed E-state index contributed by atoms with van der Waals surface area (Å²) in [5.41, 5.74) is 1.16. The van der Waals surface area contributed by atoms with Gasteiger partial charge in [0.2, 0.25) is 5.88 Å². The van der Waals surface area contributed by atoms with Gasteiger partial charge in [0.05, 0.1) is 13.2 Å². The van der Waals surface area contributed by atoms with Crippen LogP contribution in [0.5, 0.6) is 5.88 Å². The van der Waals surface area contributed by atoms with Crippen LogP contribution in [0.4, 0.5) is 0 Å². The molecule has 0 spiro atoms. The molecule has 3 N–H and O–H groups in total. The van der Waals surface area contributed by atoms with Crippen molar-refractivity contribution < 1.29 is 9.84 Å². The van der Waals surface area contributed by atoms with E-state index in [4.69, 9.17) is 4.74 Å². The molecule has 1 aliphatic rings. The molecule has 152 valence electrons. The maximum Gasteiger partial charge on any atom is 0.213 e. The Balaban J connectivity index is 1.89. The van der Waals surface area contributed by atoms with Gasteiger partial charge in [0, 0.05) is 32.0 Å². The zero-order chi connectivity index (χ0) is 19.5. The molecule has 0 saturated heterocycles. The summed E-state index contributed by atoms with van der Waals surface area (Å²) in [6.07, 6.45) is 7.26. The van der Waals surface area contributed by atoms with Crippen LogP contribution in [0.15, 0.2) is 23.3 Å². The standard InChI is InChI=1S/C21H36N4O2/c1-4-21(5-2,11-12-26)16-25-20(22-6-3)24-14-18-9-10-19(23-13-18)27-15-17-7-8-17/h9-10,13,17,26H,4-8,11-12,14-16H2,1-3H3,(H2,22,24,25). The van der Waals surface area contributed by atoms with Gasteiger partial charge in [0.15, 0.2) is 5.96 Å². The van der Waals surface area contributed by atoms with Crippen molar-refractivity contribution in [2.45, 2.75) is 59.4 Å². The molecule has 0 radical (unpaired) electrons. The van der Waals surface area contributed by atoms with Crippen molar-refractivity contribution in [1.29, 1.82) is 0 Å². The third-order valence-corrected chi connectivity index (χ3v) is 5.50. The monoisotopic (exact) mass is 376 g/mol. The zero-order valence-corrected chi connectivity index (χ0v) is 17.1. The maximum absolute atomic E-state index is 9.39. The van der Waals surface area contributed by atoms with Crippen molar-refractivity contribution in [1.82, 2.24) is 15.6 Å². The van der Waals surface area contributed by atoms with Gasteiger partial charge in [0.1, 0.15) is 0 Å². The van der Waals surface area contributed by atoms with E-state index < -0.39 is 0 Å². The normalized spacial score (nSPS) is 14.9. The van der Waals surface area contributed by atoms with E-state index in [9.17, 15) is 5.11 Å². The minimum absolute atomic E-state index is 0.104. The Bertz CT molecular complexity index is 566. The predicted octanol–water partition coefficient (Wildman–Crippen LogP) is 3.11. The molecule has 0 atom stereocenters. The van der Waals surface area contributed by atoms with Crippen LogP contribution in [-0.4, -0.2) is 42.4 Å². The van der Waals surface area contributed by atoms with Crippen molar-refractivity contribution in [2.75, 3.05) is 26.3 Å². The first-order chi connectivity index (χ1) is 13.1. The molecule has 0 aromatic carbocycles. The van der Waals surface area contributed by atoms with Gasteiger partial charge in [-0.25, -0.2) is 9.98 Å². The van der Waals surface area contributed by atoms with Crippen LogP contribution in [0, 0.1) is 11.3 Å². The van der Waals surface area contributed by atoms with E-state index in [2.05, 4.69) is 41.4 Å². The molecule has 0 bridgehead atoms. The van der Waals surface area contributed by atoms with Gasteiger partial charge >= 0.3 is 0 Å². The van der Waals surface area contributed by atoms with Crippen molar-refractivity contribution in [3.05, 3.63) is 23.9 Å². The zero-order valence-electron chi connectivity index (χ0n) is 17.1. The van der Waals surface area contributed by atoms with Crippen LogP contribution in [0.3, 0.4) is 0 Å². The highest BCUT2D eigenvalue weighted by atomic mass is 16.5. The molecule has 27 heavy (non-hydrogen) atoms. The third kappa shape index (κ3) is 7.37. The summed E-state index contributed by atoms with van der Waals surface area (Å²) in [5.74, 6) is 2.23. The number of rotatable bonds is 12. The van der Waals surface area contributed by atoms with Crippen LogP contribution in [0.1, 0.15) is 58.4 Å². The van der Waals surface area contributed by atoms with E-state index in [1.54, 1.807) is 0 Å². The topological polar surface area (TPSA) is 78.8 Å². The number of aliphatic imine (C=N–C) groups is 1. The second-order valence-corrected chi connectivity index (χ2v) is 7.49. The lowest BCUT2D eigenvalue weighted by atomic mass is 9.79. The quantitative estimate of drug-likeness (QED) is 0.386. The number of aromatic nitrogens is 1. The lowest BCUT2D eigenvalue weighted by Gasteiger charge is -2.32. The lowest BCUT2D eigenvalue weighted by molar-refractivity contribution is 0.169. The second kappa shape index (κ2) is 11.1. The van der Waals surface area contributed by atoms with E-state index >= 15 is 0 Å². The number of ether oxygens (including phenoxy) is 1. The molecule has 6 nitrogen and oxygen atoms in total. The Morgan fingerprint density at radius 2 is 2.04 bits per heavy atom. The highest BCUT2D eigenvalue weighted by molar-refractivity contribution is 5.79. The lowest BCUT2D eigenvalue weighted by Crippen LogP contribution is -2.43. The predicted molar refractivity (Wildman–Crippen MR) is 110 cm³/mol. The Hall–Kier alpha value is -1.82. The number of nitrogens with one attached hydrogen (secondary N) is 2. The van der Waals surface area contributed by atoms with E-state index in [1.165, 1.54) is 12.8 Å². The highest BCUT2D eigenvalue weighted by Gasteiger charge is 2.25. The number of guanidine groups is 1. The number of aliphatic hydroxyl groups excluding tert-OH is 1. The molecule has 1 aliphatic carbocycles. The Morgan fingerprint density at radius 1 is 1.26 bits per heavy atom. The van der Waals surface area contributed by atoms with Crippen LogP contribution >= 0.6 is 0 Å². The van der Waals surface area contributed by atoms with Gasteiger partial charge in [-0.05, 0) is 55.9 Å². The van der Waals surface area contributed by atoms with Crippen molar-refractivity contribution in [3.63, 3.8) is 0 Å².